The Morgan fingerprint density at radius 3 is 2.85 bits per heavy atom. The first-order valence-electron chi connectivity index (χ1n) is 9.27. The third kappa shape index (κ3) is 3.98. The fourth-order valence-electron chi connectivity index (χ4n) is 3.58. The van der Waals surface area contributed by atoms with Crippen LogP contribution in [-0.2, 0) is 29.5 Å². The zero-order chi connectivity index (χ0) is 18.8. The molecule has 0 spiro atoms. The number of aryl methyl sites for hydroxylation is 2. The molecule has 0 aliphatic carbocycles. The van der Waals surface area contributed by atoms with Gasteiger partial charge in [-0.15, -0.1) is 0 Å². The van der Waals surface area contributed by atoms with Crippen molar-refractivity contribution in [2.75, 3.05) is 6.61 Å². The van der Waals surface area contributed by atoms with Crippen LogP contribution in [0.5, 0.6) is 0 Å². The molecule has 2 aromatic heterocycles. The molecule has 0 radical (unpaired) electrons. The molecule has 1 fully saturated rings. The van der Waals surface area contributed by atoms with E-state index in [9.17, 15) is 4.79 Å². The number of carbonyl (C=O) groups is 1. The van der Waals surface area contributed by atoms with Crippen molar-refractivity contribution in [1.82, 2.24) is 24.9 Å². The molecule has 1 aliphatic rings. The number of rotatable bonds is 6. The van der Waals surface area contributed by atoms with Gasteiger partial charge in [-0.05, 0) is 26.2 Å². The van der Waals surface area contributed by atoms with Crippen molar-refractivity contribution in [3.63, 3.8) is 0 Å². The Morgan fingerprint density at radius 1 is 1.42 bits per heavy atom. The lowest BCUT2D eigenvalue weighted by atomic mass is 10.0. The molecule has 1 amide bonds. The van der Waals surface area contributed by atoms with E-state index >= 15 is 0 Å². The number of hydrogen-bond acceptors (Lipinski definition) is 4. The lowest BCUT2D eigenvalue weighted by Crippen LogP contribution is -2.37. The van der Waals surface area contributed by atoms with Crippen LogP contribution < -0.4 is 5.32 Å². The average Bonchev–Trinajstić information content (AvgIpc) is 3.24. The Morgan fingerprint density at radius 2 is 2.19 bits per heavy atom. The van der Waals surface area contributed by atoms with Crippen LogP contribution in [0, 0.1) is 19.8 Å². The fourth-order valence-corrected chi connectivity index (χ4v) is 3.58. The summed E-state index contributed by atoms with van der Waals surface area (Å²) in [6, 6.07) is -0.0157. The number of amides is 1. The van der Waals surface area contributed by atoms with Crippen LogP contribution >= 0.6 is 0 Å². The van der Waals surface area contributed by atoms with Gasteiger partial charge < -0.3 is 10.1 Å². The minimum absolute atomic E-state index is 0.0157. The van der Waals surface area contributed by atoms with Crippen LogP contribution in [-0.4, -0.2) is 38.1 Å². The minimum atomic E-state index is -0.126. The van der Waals surface area contributed by atoms with Crippen molar-refractivity contribution in [1.29, 1.82) is 0 Å². The zero-order valence-corrected chi connectivity index (χ0v) is 16.3. The molecule has 2 aromatic rings. The number of ether oxygens (including phenoxy) is 1. The summed E-state index contributed by atoms with van der Waals surface area (Å²) in [5, 5.41) is 12.0. The van der Waals surface area contributed by atoms with Gasteiger partial charge in [0, 0.05) is 43.2 Å². The standard InChI is InChI=1S/C19H29N5O2/c1-12(2)10-24-14(4)16(13(3)22-24)8-18(25)21-17-6-7-26-19(17)15-9-20-23(5)11-15/h9,11-12,17,19H,6-8,10H2,1-5H3,(H,21,25)/t17-,19+/m0/s1. The third-order valence-corrected chi connectivity index (χ3v) is 4.90. The zero-order valence-electron chi connectivity index (χ0n) is 16.3. The van der Waals surface area contributed by atoms with E-state index in [4.69, 9.17) is 4.74 Å². The smallest absolute Gasteiger partial charge is 0.224 e. The number of carbonyl (C=O) groups excluding carboxylic acids is 1. The third-order valence-electron chi connectivity index (χ3n) is 4.90. The van der Waals surface area contributed by atoms with Gasteiger partial charge in [-0.3, -0.25) is 14.2 Å². The molecule has 1 aliphatic heterocycles. The molecular weight excluding hydrogens is 330 g/mol. The quantitative estimate of drug-likeness (QED) is 0.857. The Balaban J connectivity index is 1.66. The predicted octanol–water partition coefficient (Wildman–Crippen LogP) is 2.08. The van der Waals surface area contributed by atoms with Crippen LogP contribution in [0.1, 0.15) is 48.9 Å². The topological polar surface area (TPSA) is 74.0 Å². The maximum Gasteiger partial charge on any atom is 0.224 e. The number of aromatic nitrogens is 4. The summed E-state index contributed by atoms with van der Waals surface area (Å²) in [6.07, 6.45) is 4.79. The molecule has 26 heavy (non-hydrogen) atoms. The van der Waals surface area contributed by atoms with Gasteiger partial charge in [0.25, 0.3) is 0 Å². The second kappa shape index (κ2) is 7.61. The van der Waals surface area contributed by atoms with E-state index in [1.807, 2.05) is 31.8 Å². The summed E-state index contributed by atoms with van der Waals surface area (Å²) in [7, 11) is 1.88. The van der Waals surface area contributed by atoms with Crippen LogP contribution in [0.4, 0.5) is 0 Å². The Bertz CT molecular complexity index is 777. The Hall–Kier alpha value is -2.15. The molecule has 1 N–H and O–H groups in total. The number of nitrogens with one attached hydrogen (secondary N) is 1. The second-order valence-electron chi connectivity index (χ2n) is 7.60. The van der Waals surface area contributed by atoms with E-state index in [2.05, 4.69) is 29.4 Å². The lowest BCUT2D eigenvalue weighted by Gasteiger charge is -2.19. The second-order valence-corrected chi connectivity index (χ2v) is 7.60. The molecule has 7 heteroatoms. The molecule has 0 saturated carbocycles. The summed E-state index contributed by atoms with van der Waals surface area (Å²) in [6.45, 7) is 9.87. The van der Waals surface area contributed by atoms with Crippen molar-refractivity contribution >= 4 is 5.91 Å². The highest BCUT2D eigenvalue weighted by atomic mass is 16.5. The largest absolute Gasteiger partial charge is 0.371 e. The van der Waals surface area contributed by atoms with Crippen molar-refractivity contribution in [2.24, 2.45) is 13.0 Å². The molecule has 7 nitrogen and oxygen atoms in total. The van der Waals surface area contributed by atoms with E-state index in [-0.39, 0.29) is 18.1 Å². The number of nitrogens with zero attached hydrogens (tertiary/aromatic N) is 4. The van der Waals surface area contributed by atoms with Crippen molar-refractivity contribution in [3.8, 4) is 0 Å². The molecule has 0 unspecified atom stereocenters. The number of hydrogen-bond donors (Lipinski definition) is 1. The van der Waals surface area contributed by atoms with Crippen molar-refractivity contribution in [2.45, 2.75) is 59.2 Å². The SMILES string of the molecule is Cc1nn(CC(C)C)c(C)c1CC(=O)N[C@H]1CCO[C@@H]1c1cnn(C)c1. The van der Waals surface area contributed by atoms with E-state index in [0.717, 1.165) is 35.5 Å². The van der Waals surface area contributed by atoms with E-state index in [1.165, 1.54) is 0 Å². The summed E-state index contributed by atoms with van der Waals surface area (Å²) in [5.41, 5.74) is 4.05. The highest BCUT2D eigenvalue weighted by Crippen LogP contribution is 2.29. The van der Waals surface area contributed by atoms with Crippen LogP contribution in [0.15, 0.2) is 12.4 Å². The summed E-state index contributed by atoms with van der Waals surface area (Å²) >= 11 is 0. The van der Waals surface area contributed by atoms with Gasteiger partial charge in [0.05, 0.1) is 24.4 Å². The Kier molecular flexibility index (Phi) is 5.46. The molecule has 0 bridgehead atoms. The highest BCUT2D eigenvalue weighted by molar-refractivity contribution is 5.79. The summed E-state index contributed by atoms with van der Waals surface area (Å²) < 4.78 is 9.60. The molecule has 142 valence electrons. The van der Waals surface area contributed by atoms with Crippen molar-refractivity contribution < 1.29 is 9.53 Å². The predicted molar refractivity (Wildman–Crippen MR) is 98.7 cm³/mol. The molecule has 1 saturated heterocycles. The molecule has 3 heterocycles. The van der Waals surface area contributed by atoms with Gasteiger partial charge in [0.15, 0.2) is 0 Å². The molecular formula is C19H29N5O2. The first kappa shape index (κ1) is 18.6. The Labute approximate surface area is 154 Å². The van der Waals surface area contributed by atoms with Gasteiger partial charge in [-0.1, -0.05) is 13.8 Å². The van der Waals surface area contributed by atoms with Crippen LogP contribution in [0.3, 0.4) is 0 Å². The minimum Gasteiger partial charge on any atom is -0.371 e. The summed E-state index contributed by atoms with van der Waals surface area (Å²) in [5.74, 6) is 0.537. The first-order chi connectivity index (χ1) is 12.3. The van der Waals surface area contributed by atoms with Crippen LogP contribution in [0.25, 0.3) is 0 Å². The average molecular weight is 359 g/mol. The van der Waals surface area contributed by atoms with Gasteiger partial charge in [-0.25, -0.2) is 0 Å². The maximum absolute atomic E-state index is 12.7. The van der Waals surface area contributed by atoms with E-state index in [1.54, 1.807) is 10.9 Å². The maximum atomic E-state index is 12.7. The monoisotopic (exact) mass is 359 g/mol. The first-order valence-corrected chi connectivity index (χ1v) is 9.27. The molecule has 0 aromatic carbocycles. The van der Waals surface area contributed by atoms with Gasteiger partial charge >= 0.3 is 0 Å². The van der Waals surface area contributed by atoms with E-state index in [0.29, 0.717) is 18.9 Å². The molecule has 2 atom stereocenters. The van der Waals surface area contributed by atoms with E-state index < -0.39 is 0 Å². The molecule has 3 rings (SSSR count). The fraction of sp³-hybridized carbons (Fsp3) is 0.632. The summed E-state index contributed by atoms with van der Waals surface area (Å²) in [4.78, 5) is 12.7. The van der Waals surface area contributed by atoms with Gasteiger partial charge in [0.2, 0.25) is 5.91 Å². The van der Waals surface area contributed by atoms with Crippen molar-refractivity contribution in [3.05, 3.63) is 34.9 Å². The van der Waals surface area contributed by atoms with Gasteiger partial charge in [0.1, 0.15) is 6.10 Å². The normalized spacial score (nSPS) is 20.1. The van der Waals surface area contributed by atoms with Gasteiger partial charge in [-0.2, -0.15) is 10.2 Å². The highest BCUT2D eigenvalue weighted by Gasteiger charge is 2.32. The lowest BCUT2D eigenvalue weighted by molar-refractivity contribution is -0.121. The van der Waals surface area contributed by atoms with Crippen LogP contribution in [0.2, 0.25) is 0 Å².